The molecule has 13 heavy (non-hydrogen) atoms. The first kappa shape index (κ1) is 9.74. The van der Waals surface area contributed by atoms with Crippen molar-refractivity contribution in [2.24, 2.45) is 0 Å². The van der Waals surface area contributed by atoms with Gasteiger partial charge in [0, 0.05) is 12.5 Å². The number of amides is 1. The second kappa shape index (κ2) is 3.58. The molecule has 0 radical (unpaired) electrons. The van der Waals surface area contributed by atoms with E-state index in [0.717, 1.165) is 0 Å². The Morgan fingerprint density at radius 2 is 1.92 bits per heavy atom. The van der Waals surface area contributed by atoms with Gasteiger partial charge in [-0.25, -0.2) is 0 Å². The Morgan fingerprint density at radius 1 is 1.38 bits per heavy atom. The zero-order chi connectivity index (χ0) is 9.90. The molecule has 70 valence electrons. The highest BCUT2D eigenvalue weighted by molar-refractivity contribution is 5.73. The monoisotopic (exact) mass is 179 g/mol. The van der Waals surface area contributed by atoms with E-state index in [1.54, 1.807) is 19.1 Å². The zero-order valence-corrected chi connectivity index (χ0v) is 7.74. The van der Waals surface area contributed by atoms with Crippen molar-refractivity contribution in [3.8, 4) is 0 Å². The highest BCUT2D eigenvalue weighted by atomic mass is 16.3. The summed E-state index contributed by atoms with van der Waals surface area (Å²) in [5.74, 6) is -0.256. The van der Waals surface area contributed by atoms with Gasteiger partial charge in [-0.1, -0.05) is 30.3 Å². The van der Waals surface area contributed by atoms with Gasteiger partial charge in [-0.15, -0.1) is 0 Å². The molecule has 0 unspecified atom stereocenters. The molecule has 2 N–H and O–H groups in total. The largest absolute Gasteiger partial charge is 0.367 e. The van der Waals surface area contributed by atoms with Crippen molar-refractivity contribution in [3.05, 3.63) is 35.9 Å². The van der Waals surface area contributed by atoms with Gasteiger partial charge >= 0.3 is 0 Å². The van der Waals surface area contributed by atoms with Gasteiger partial charge in [-0.3, -0.25) is 4.79 Å². The Bertz CT molecular complexity index is 293. The minimum atomic E-state index is -1.28. The lowest BCUT2D eigenvalue weighted by molar-refractivity contribution is -0.126. The maximum atomic E-state index is 10.8. The Morgan fingerprint density at radius 3 is 2.38 bits per heavy atom. The Labute approximate surface area is 77.4 Å². The van der Waals surface area contributed by atoms with Crippen LogP contribution in [0.3, 0.4) is 0 Å². The molecular formula is C10H13NO2. The summed E-state index contributed by atoms with van der Waals surface area (Å²) >= 11 is 0. The molecule has 3 nitrogen and oxygen atoms in total. The highest BCUT2D eigenvalue weighted by Crippen LogP contribution is 2.15. The number of aliphatic hydroxyl groups is 1. The van der Waals surface area contributed by atoms with E-state index in [1.807, 2.05) is 18.2 Å². The second-order valence-corrected chi connectivity index (χ2v) is 3.12. The van der Waals surface area contributed by atoms with Crippen molar-refractivity contribution >= 4 is 5.91 Å². The number of rotatable bonds is 2. The summed E-state index contributed by atoms with van der Waals surface area (Å²) in [7, 11) is 0. The Hall–Kier alpha value is -1.35. The fourth-order valence-electron chi connectivity index (χ4n) is 1.18. The van der Waals surface area contributed by atoms with Gasteiger partial charge in [0.25, 0.3) is 0 Å². The SMILES string of the molecule is CC(=O)N[C@](C)(O)c1ccccc1. The van der Waals surface area contributed by atoms with E-state index >= 15 is 0 Å². The van der Waals surface area contributed by atoms with Crippen LogP contribution in [0.15, 0.2) is 30.3 Å². The van der Waals surface area contributed by atoms with Crippen LogP contribution in [0.5, 0.6) is 0 Å². The van der Waals surface area contributed by atoms with Crippen LogP contribution in [-0.4, -0.2) is 11.0 Å². The third-order valence-corrected chi connectivity index (χ3v) is 1.76. The van der Waals surface area contributed by atoms with Crippen LogP contribution in [0.1, 0.15) is 19.4 Å². The smallest absolute Gasteiger partial charge is 0.219 e. The van der Waals surface area contributed by atoms with Crippen LogP contribution in [-0.2, 0) is 10.5 Å². The molecule has 1 atom stereocenters. The molecule has 1 rings (SSSR count). The number of carbonyl (C=O) groups is 1. The summed E-state index contributed by atoms with van der Waals surface area (Å²) in [6, 6.07) is 9.00. The third kappa shape index (κ3) is 2.56. The van der Waals surface area contributed by atoms with Crippen molar-refractivity contribution in [1.29, 1.82) is 0 Å². The number of hydrogen-bond donors (Lipinski definition) is 2. The summed E-state index contributed by atoms with van der Waals surface area (Å²) in [6.45, 7) is 2.92. The second-order valence-electron chi connectivity index (χ2n) is 3.12. The summed E-state index contributed by atoms with van der Waals surface area (Å²) in [5.41, 5.74) is -0.613. The number of benzene rings is 1. The van der Waals surface area contributed by atoms with Gasteiger partial charge in [-0.2, -0.15) is 0 Å². The fourth-order valence-corrected chi connectivity index (χ4v) is 1.18. The third-order valence-electron chi connectivity index (χ3n) is 1.76. The average molecular weight is 179 g/mol. The van der Waals surface area contributed by atoms with Crippen LogP contribution in [0.25, 0.3) is 0 Å². The maximum Gasteiger partial charge on any atom is 0.219 e. The quantitative estimate of drug-likeness (QED) is 0.665. The van der Waals surface area contributed by atoms with Crippen LogP contribution < -0.4 is 5.32 Å². The van der Waals surface area contributed by atoms with E-state index in [-0.39, 0.29) is 5.91 Å². The van der Waals surface area contributed by atoms with Crippen LogP contribution in [0, 0.1) is 0 Å². The number of nitrogens with one attached hydrogen (secondary N) is 1. The van der Waals surface area contributed by atoms with Gasteiger partial charge in [0.1, 0.15) is 0 Å². The molecule has 0 bridgehead atoms. The maximum absolute atomic E-state index is 10.8. The number of hydrogen-bond acceptors (Lipinski definition) is 2. The van der Waals surface area contributed by atoms with E-state index in [1.165, 1.54) is 6.92 Å². The van der Waals surface area contributed by atoms with Crippen molar-refractivity contribution < 1.29 is 9.90 Å². The molecule has 0 saturated heterocycles. The molecule has 0 aromatic heterocycles. The first-order chi connectivity index (χ1) is 6.02. The first-order valence-electron chi connectivity index (χ1n) is 4.09. The van der Waals surface area contributed by atoms with Crippen LogP contribution >= 0.6 is 0 Å². The zero-order valence-electron chi connectivity index (χ0n) is 7.74. The van der Waals surface area contributed by atoms with E-state index in [4.69, 9.17) is 0 Å². The molecule has 0 aliphatic carbocycles. The lowest BCUT2D eigenvalue weighted by Crippen LogP contribution is -2.42. The van der Waals surface area contributed by atoms with Gasteiger partial charge in [0.05, 0.1) is 0 Å². The van der Waals surface area contributed by atoms with Crippen LogP contribution in [0.2, 0.25) is 0 Å². The van der Waals surface area contributed by atoms with E-state index < -0.39 is 5.72 Å². The van der Waals surface area contributed by atoms with E-state index in [0.29, 0.717) is 5.56 Å². The lowest BCUT2D eigenvalue weighted by Gasteiger charge is -2.24. The number of carbonyl (C=O) groups excluding carboxylic acids is 1. The molecule has 1 aromatic rings. The summed E-state index contributed by atoms with van der Waals surface area (Å²) < 4.78 is 0. The van der Waals surface area contributed by atoms with E-state index in [9.17, 15) is 9.90 Å². The molecule has 1 aromatic carbocycles. The summed E-state index contributed by atoms with van der Waals surface area (Å²) in [6.07, 6.45) is 0. The van der Waals surface area contributed by atoms with Gasteiger partial charge < -0.3 is 10.4 Å². The highest BCUT2D eigenvalue weighted by Gasteiger charge is 2.22. The topological polar surface area (TPSA) is 49.3 Å². The molecular weight excluding hydrogens is 166 g/mol. The van der Waals surface area contributed by atoms with Crippen molar-refractivity contribution in [3.63, 3.8) is 0 Å². The first-order valence-corrected chi connectivity index (χ1v) is 4.09. The molecule has 0 aliphatic rings. The average Bonchev–Trinajstić information content (AvgIpc) is 2.04. The Balaban J connectivity index is 2.87. The minimum Gasteiger partial charge on any atom is -0.367 e. The van der Waals surface area contributed by atoms with Crippen molar-refractivity contribution in [2.45, 2.75) is 19.6 Å². The Kier molecular flexibility index (Phi) is 2.68. The minimum absolute atomic E-state index is 0.256. The van der Waals surface area contributed by atoms with Gasteiger partial charge in [0.2, 0.25) is 5.91 Å². The predicted molar refractivity (Wildman–Crippen MR) is 49.8 cm³/mol. The molecule has 0 fully saturated rings. The molecule has 0 saturated carbocycles. The lowest BCUT2D eigenvalue weighted by atomic mass is 10.1. The van der Waals surface area contributed by atoms with E-state index in [2.05, 4.69) is 5.32 Å². The van der Waals surface area contributed by atoms with Crippen molar-refractivity contribution in [2.75, 3.05) is 0 Å². The van der Waals surface area contributed by atoms with Gasteiger partial charge in [-0.05, 0) is 6.92 Å². The molecule has 0 aliphatic heterocycles. The summed E-state index contributed by atoms with van der Waals surface area (Å²) in [5, 5.41) is 12.3. The predicted octanol–water partition coefficient (Wildman–Crippen LogP) is 0.988. The molecule has 0 spiro atoms. The molecule has 0 heterocycles. The molecule has 1 amide bonds. The normalized spacial score (nSPS) is 14.7. The summed E-state index contributed by atoms with van der Waals surface area (Å²) in [4.78, 5) is 10.8. The standard InChI is InChI=1S/C10H13NO2/c1-8(12)11-10(2,13)9-6-4-3-5-7-9/h3-7,13H,1-2H3,(H,11,12)/t10-/m1/s1. The molecule has 3 heteroatoms. The van der Waals surface area contributed by atoms with Crippen molar-refractivity contribution in [1.82, 2.24) is 5.32 Å². The van der Waals surface area contributed by atoms with Crippen LogP contribution in [0.4, 0.5) is 0 Å². The van der Waals surface area contributed by atoms with Gasteiger partial charge in [0.15, 0.2) is 5.72 Å². The fraction of sp³-hybridized carbons (Fsp3) is 0.300.